The van der Waals surface area contributed by atoms with E-state index in [0.29, 0.717) is 5.82 Å². The van der Waals surface area contributed by atoms with Crippen LogP contribution in [0.5, 0.6) is 0 Å². The lowest BCUT2D eigenvalue weighted by molar-refractivity contribution is 0.883. The van der Waals surface area contributed by atoms with Gasteiger partial charge in [-0.3, -0.25) is 0 Å². The van der Waals surface area contributed by atoms with Gasteiger partial charge in [0.1, 0.15) is 5.82 Å². The van der Waals surface area contributed by atoms with E-state index in [1.807, 2.05) is 18.2 Å². The number of nitrogens with zero attached hydrogens (tertiary/aromatic N) is 1. The standard InChI is InChI=1S/C13H14BrN3/c1-9(10-2-4-11(14)5-3-10)17-12-6-7-13(15)16-8-12/h2-9,17H,1H3,(H2,15,16). The molecule has 1 heterocycles. The highest BCUT2D eigenvalue weighted by atomic mass is 79.9. The van der Waals surface area contributed by atoms with Gasteiger partial charge in [-0.05, 0) is 36.8 Å². The summed E-state index contributed by atoms with van der Waals surface area (Å²) in [6.45, 7) is 2.11. The molecule has 0 aliphatic heterocycles. The van der Waals surface area contributed by atoms with Gasteiger partial charge in [-0.15, -0.1) is 0 Å². The molecule has 3 nitrogen and oxygen atoms in total. The molecule has 0 radical (unpaired) electrons. The molecule has 0 bridgehead atoms. The molecule has 88 valence electrons. The molecule has 1 aromatic carbocycles. The molecule has 0 amide bonds. The SMILES string of the molecule is CC(Nc1ccc(N)nc1)c1ccc(Br)cc1. The lowest BCUT2D eigenvalue weighted by atomic mass is 10.1. The van der Waals surface area contributed by atoms with E-state index in [0.717, 1.165) is 10.2 Å². The molecule has 1 atom stereocenters. The summed E-state index contributed by atoms with van der Waals surface area (Å²) >= 11 is 3.43. The molecule has 0 fully saturated rings. The van der Waals surface area contributed by atoms with Gasteiger partial charge in [0.05, 0.1) is 11.9 Å². The van der Waals surface area contributed by atoms with Crippen molar-refractivity contribution in [3.8, 4) is 0 Å². The minimum atomic E-state index is 0.230. The van der Waals surface area contributed by atoms with E-state index in [1.165, 1.54) is 5.56 Å². The maximum atomic E-state index is 5.54. The molecule has 0 spiro atoms. The predicted molar refractivity (Wildman–Crippen MR) is 74.8 cm³/mol. The Morgan fingerprint density at radius 2 is 1.88 bits per heavy atom. The van der Waals surface area contributed by atoms with Crippen LogP contribution in [0.25, 0.3) is 0 Å². The molecule has 17 heavy (non-hydrogen) atoms. The van der Waals surface area contributed by atoms with Crippen LogP contribution in [0.1, 0.15) is 18.5 Å². The number of hydrogen-bond acceptors (Lipinski definition) is 3. The first-order valence-corrected chi connectivity index (χ1v) is 6.18. The number of anilines is 2. The molecule has 1 unspecified atom stereocenters. The third-order valence-corrected chi connectivity index (χ3v) is 3.07. The van der Waals surface area contributed by atoms with Crippen molar-refractivity contribution in [2.24, 2.45) is 0 Å². The van der Waals surface area contributed by atoms with E-state index >= 15 is 0 Å². The Balaban J connectivity index is 2.08. The molecule has 0 saturated heterocycles. The van der Waals surface area contributed by atoms with Crippen molar-refractivity contribution in [1.29, 1.82) is 0 Å². The molecule has 0 saturated carbocycles. The van der Waals surface area contributed by atoms with Crippen LogP contribution in [0.2, 0.25) is 0 Å². The Kier molecular flexibility index (Phi) is 3.64. The summed E-state index contributed by atoms with van der Waals surface area (Å²) in [6.07, 6.45) is 1.74. The summed E-state index contributed by atoms with van der Waals surface area (Å²) in [4.78, 5) is 4.05. The molecule has 3 N–H and O–H groups in total. The van der Waals surface area contributed by atoms with Crippen LogP contribution in [0.15, 0.2) is 47.1 Å². The number of aromatic nitrogens is 1. The smallest absolute Gasteiger partial charge is 0.123 e. The van der Waals surface area contributed by atoms with E-state index < -0.39 is 0 Å². The molecule has 1 aromatic heterocycles. The summed E-state index contributed by atoms with van der Waals surface area (Å²) in [6, 6.07) is 12.2. The minimum Gasteiger partial charge on any atom is -0.384 e. The highest BCUT2D eigenvalue weighted by Crippen LogP contribution is 2.20. The maximum Gasteiger partial charge on any atom is 0.123 e. The lowest BCUT2D eigenvalue weighted by Gasteiger charge is -2.15. The zero-order chi connectivity index (χ0) is 12.3. The van der Waals surface area contributed by atoms with Gasteiger partial charge in [0.15, 0.2) is 0 Å². The quantitative estimate of drug-likeness (QED) is 0.908. The van der Waals surface area contributed by atoms with Crippen molar-refractivity contribution < 1.29 is 0 Å². The normalized spacial score (nSPS) is 12.1. The summed E-state index contributed by atoms with van der Waals surface area (Å²) in [5, 5.41) is 3.37. The molecular formula is C13H14BrN3. The largest absolute Gasteiger partial charge is 0.384 e. The van der Waals surface area contributed by atoms with Crippen molar-refractivity contribution in [3.63, 3.8) is 0 Å². The molecule has 0 aliphatic carbocycles. The van der Waals surface area contributed by atoms with Crippen LogP contribution >= 0.6 is 15.9 Å². The number of pyridine rings is 1. The molecule has 0 aliphatic rings. The first kappa shape index (κ1) is 11.9. The predicted octanol–water partition coefficient (Wildman–Crippen LogP) is 3.60. The highest BCUT2D eigenvalue weighted by Gasteiger charge is 2.04. The number of benzene rings is 1. The Hall–Kier alpha value is -1.55. The van der Waals surface area contributed by atoms with Crippen LogP contribution in [0.4, 0.5) is 11.5 Å². The fraction of sp³-hybridized carbons (Fsp3) is 0.154. The average Bonchev–Trinajstić information content (AvgIpc) is 2.33. The van der Waals surface area contributed by atoms with Crippen LogP contribution in [0, 0.1) is 0 Å². The third kappa shape index (κ3) is 3.20. The van der Waals surface area contributed by atoms with E-state index in [-0.39, 0.29) is 6.04 Å². The number of nitrogens with one attached hydrogen (secondary N) is 1. The minimum absolute atomic E-state index is 0.230. The van der Waals surface area contributed by atoms with Crippen LogP contribution in [-0.2, 0) is 0 Å². The second-order valence-electron chi connectivity index (χ2n) is 3.89. The number of nitrogen functional groups attached to an aromatic ring is 1. The number of nitrogens with two attached hydrogens (primary N) is 1. The van der Waals surface area contributed by atoms with Gasteiger partial charge in [-0.1, -0.05) is 28.1 Å². The fourth-order valence-corrected chi connectivity index (χ4v) is 1.84. The Morgan fingerprint density at radius 1 is 1.18 bits per heavy atom. The van der Waals surface area contributed by atoms with Crippen molar-refractivity contribution in [2.45, 2.75) is 13.0 Å². The number of rotatable bonds is 3. The summed E-state index contributed by atoms with van der Waals surface area (Å²) in [7, 11) is 0. The maximum absolute atomic E-state index is 5.54. The van der Waals surface area contributed by atoms with Crippen molar-refractivity contribution in [1.82, 2.24) is 4.98 Å². The molecule has 2 rings (SSSR count). The van der Waals surface area contributed by atoms with E-state index in [9.17, 15) is 0 Å². The van der Waals surface area contributed by atoms with Crippen molar-refractivity contribution in [3.05, 3.63) is 52.6 Å². The highest BCUT2D eigenvalue weighted by molar-refractivity contribution is 9.10. The van der Waals surface area contributed by atoms with Gasteiger partial charge in [0, 0.05) is 10.5 Å². The van der Waals surface area contributed by atoms with E-state index in [2.05, 4.69) is 45.3 Å². The molecule has 2 aromatic rings. The average molecular weight is 292 g/mol. The Bertz CT molecular complexity index is 479. The van der Waals surface area contributed by atoms with Crippen LogP contribution in [0.3, 0.4) is 0 Å². The summed E-state index contributed by atoms with van der Waals surface area (Å²) in [5.41, 5.74) is 7.74. The van der Waals surface area contributed by atoms with Crippen LogP contribution < -0.4 is 11.1 Å². The lowest BCUT2D eigenvalue weighted by Crippen LogP contribution is -2.06. The monoisotopic (exact) mass is 291 g/mol. The van der Waals surface area contributed by atoms with Gasteiger partial charge in [0.25, 0.3) is 0 Å². The van der Waals surface area contributed by atoms with Crippen LogP contribution in [-0.4, -0.2) is 4.98 Å². The second kappa shape index (κ2) is 5.19. The first-order valence-electron chi connectivity index (χ1n) is 5.38. The van der Waals surface area contributed by atoms with E-state index in [4.69, 9.17) is 5.73 Å². The summed E-state index contributed by atoms with van der Waals surface area (Å²) < 4.78 is 1.09. The van der Waals surface area contributed by atoms with Gasteiger partial charge >= 0.3 is 0 Å². The van der Waals surface area contributed by atoms with Gasteiger partial charge < -0.3 is 11.1 Å². The number of halogens is 1. The van der Waals surface area contributed by atoms with Gasteiger partial charge in [-0.25, -0.2) is 4.98 Å². The van der Waals surface area contributed by atoms with Gasteiger partial charge in [-0.2, -0.15) is 0 Å². The van der Waals surface area contributed by atoms with Crippen molar-refractivity contribution >= 4 is 27.4 Å². The topological polar surface area (TPSA) is 50.9 Å². The zero-order valence-corrected chi connectivity index (χ0v) is 11.1. The van der Waals surface area contributed by atoms with Gasteiger partial charge in [0.2, 0.25) is 0 Å². The Labute approximate surface area is 109 Å². The summed E-state index contributed by atoms with van der Waals surface area (Å²) in [5.74, 6) is 0.534. The fourth-order valence-electron chi connectivity index (χ4n) is 1.58. The number of hydrogen-bond donors (Lipinski definition) is 2. The molecule has 4 heteroatoms. The second-order valence-corrected chi connectivity index (χ2v) is 4.80. The zero-order valence-electron chi connectivity index (χ0n) is 9.52. The Morgan fingerprint density at radius 3 is 2.47 bits per heavy atom. The van der Waals surface area contributed by atoms with E-state index in [1.54, 1.807) is 12.3 Å². The van der Waals surface area contributed by atoms with Crippen molar-refractivity contribution in [2.75, 3.05) is 11.1 Å². The third-order valence-electron chi connectivity index (χ3n) is 2.54. The first-order chi connectivity index (χ1) is 8.15. The molecular weight excluding hydrogens is 278 g/mol.